The molecule has 0 heterocycles. The van der Waals surface area contributed by atoms with Crippen LogP contribution in [0.2, 0.25) is 0 Å². The van der Waals surface area contributed by atoms with Gasteiger partial charge in [0.2, 0.25) is 0 Å². The zero-order valence-corrected chi connectivity index (χ0v) is 7.12. The van der Waals surface area contributed by atoms with E-state index in [0.717, 1.165) is 0 Å². The van der Waals surface area contributed by atoms with Gasteiger partial charge in [0.25, 0.3) is 0 Å². The van der Waals surface area contributed by atoms with Crippen molar-refractivity contribution in [3.63, 3.8) is 0 Å². The van der Waals surface area contributed by atoms with E-state index in [0.29, 0.717) is 0 Å². The van der Waals surface area contributed by atoms with Crippen LogP contribution in [0, 0.1) is 0 Å². The van der Waals surface area contributed by atoms with Gasteiger partial charge in [-0.2, -0.15) is 0 Å². The van der Waals surface area contributed by atoms with Crippen LogP contribution in [0.15, 0.2) is 0 Å². The van der Waals surface area contributed by atoms with E-state index in [2.05, 4.69) is 11.5 Å². The van der Waals surface area contributed by atoms with Crippen LogP contribution >= 0.6 is 36.4 Å². The largest absolute Gasteiger partial charge is 0.333 e. The maximum Gasteiger partial charge on any atom is -0.0195 e. The van der Waals surface area contributed by atoms with Crippen LogP contribution in [-0.2, 0) is 0 Å². The molecule has 0 aromatic rings. The third kappa shape index (κ3) is 86.8. The Hall–Kier alpha value is 0.940. The van der Waals surface area contributed by atoms with Crippen molar-refractivity contribution < 1.29 is 0 Å². The van der Waals surface area contributed by atoms with Crippen molar-refractivity contribution in [2.24, 2.45) is 11.5 Å². The second-order valence-electron chi connectivity index (χ2n) is 0. The third-order valence-corrected chi connectivity index (χ3v) is 0. The van der Waals surface area contributed by atoms with Crippen molar-refractivity contribution in [2.75, 3.05) is 14.1 Å². The highest BCUT2D eigenvalue weighted by Crippen LogP contribution is 0.886. The van der Waals surface area contributed by atoms with Crippen LogP contribution in [0.1, 0.15) is 0 Å². The Bertz CT molecular complexity index is 11.5. The Morgan fingerprint density at radius 2 is 0.833 bits per heavy atom. The van der Waals surface area contributed by atoms with Gasteiger partial charge in [-0.05, 0) is 14.1 Å². The lowest BCUT2D eigenvalue weighted by molar-refractivity contribution is 1.48. The fourth-order valence-electron chi connectivity index (χ4n) is 0. The Morgan fingerprint density at radius 3 is 0.833 bits per heavy atom. The fraction of sp³-hybridized carbons (Fsp3) is 1.00. The van der Waals surface area contributed by atoms with E-state index in [1.165, 1.54) is 14.1 Å². The van der Waals surface area contributed by atoms with E-state index in [9.17, 15) is 0 Å². The number of halogens is 2. The molecule has 0 aliphatic rings. The van der Waals surface area contributed by atoms with Crippen molar-refractivity contribution in [3.05, 3.63) is 0 Å². The smallest absolute Gasteiger partial charge is 0.0195 e. The molecule has 0 bridgehead atoms. The van der Waals surface area contributed by atoms with Crippen LogP contribution in [0.3, 0.4) is 0 Å². The summed E-state index contributed by atoms with van der Waals surface area (Å²) in [5.74, 6) is 0. The van der Waals surface area contributed by atoms with Crippen molar-refractivity contribution in [3.8, 4) is 0 Å². The topological polar surface area (TPSA) is 52.0 Å². The van der Waals surface area contributed by atoms with Gasteiger partial charge in [0, 0.05) is 0 Å². The molecule has 0 aromatic carbocycles. The van der Waals surface area contributed by atoms with Crippen molar-refractivity contribution in [1.82, 2.24) is 0 Å². The molecule has 0 radical (unpaired) electrons. The van der Waals surface area contributed by atoms with Gasteiger partial charge in [-0.15, -0.1) is 36.4 Å². The summed E-state index contributed by atoms with van der Waals surface area (Å²) in [6.07, 6.45) is 0. The van der Waals surface area contributed by atoms with Crippen molar-refractivity contribution in [1.29, 1.82) is 0 Å². The maximum absolute atomic E-state index is 4.50. The molecule has 0 aromatic heterocycles. The first-order chi connectivity index (χ1) is 2.00. The van der Waals surface area contributed by atoms with Crippen LogP contribution in [-0.4, -0.2) is 14.1 Å². The summed E-state index contributed by atoms with van der Waals surface area (Å²) in [6, 6.07) is 0. The van der Waals surface area contributed by atoms with Gasteiger partial charge in [0.05, 0.1) is 0 Å². The normalized spacial score (nSPS) is 2.00. The van der Waals surface area contributed by atoms with E-state index in [1.807, 2.05) is 0 Å². The summed E-state index contributed by atoms with van der Waals surface area (Å²) in [4.78, 5) is 0. The zero-order chi connectivity index (χ0) is 4.00. The fourth-order valence-corrected chi connectivity index (χ4v) is 0. The average molecular weight is 226 g/mol. The molecule has 0 fully saturated rings. The second-order valence-corrected chi connectivity index (χ2v) is 0. The molecule has 0 spiro atoms. The molecule has 0 aliphatic carbocycles. The summed E-state index contributed by atoms with van der Waals surface area (Å²) in [5, 5.41) is 0. The summed E-state index contributed by atoms with van der Waals surface area (Å²) >= 11 is 0. The van der Waals surface area contributed by atoms with Crippen molar-refractivity contribution >= 4 is 36.4 Å². The molecular formula is C2H12ClIN2. The number of hydrogen-bond donors (Lipinski definition) is 2. The summed E-state index contributed by atoms with van der Waals surface area (Å²) in [7, 11) is 3.00. The molecule has 2 nitrogen and oxygen atoms in total. The Balaban J connectivity index is -0.00000000500. The predicted octanol–water partition coefficient (Wildman–Crippen LogP) is 0.190. The molecule has 6 heavy (non-hydrogen) atoms. The van der Waals surface area contributed by atoms with Gasteiger partial charge < -0.3 is 11.5 Å². The molecule has 0 unspecified atom stereocenters. The zero-order valence-electron chi connectivity index (χ0n) is 3.97. The molecule has 0 amide bonds. The first kappa shape index (κ1) is 28.3. The molecule has 44 valence electrons. The van der Waals surface area contributed by atoms with E-state index >= 15 is 0 Å². The lowest BCUT2D eigenvalue weighted by Crippen LogP contribution is -1.69. The molecule has 0 saturated heterocycles. The van der Waals surface area contributed by atoms with E-state index in [-0.39, 0.29) is 36.4 Å². The van der Waals surface area contributed by atoms with Crippen LogP contribution in [0.25, 0.3) is 0 Å². The lowest BCUT2D eigenvalue weighted by atomic mass is 11.6. The molecule has 0 atom stereocenters. The molecule has 4 N–H and O–H groups in total. The first-order valence-corrected chi connectivity index (χ1v) is 1.15. The molecule has 0 saturated carbocycles. The number of nitrogens with two attached hydrogens (primary N) is 2. The van der Waals surface area contributed by atoms with E-state index in [4.69, 9.17) is 0 Å². The number of rotatable bonds is 0. The predicted molar refractivity (Wildman–Crippen MR) is 42.9 cm³/mol. The molecule has 4 heteroatoms. The molecule has 0 rings (SSSR count). The first-order valence-electron chi connectivity index (χ1n) is 1.15. The van der Waals surface area contributed by atoms with Gasteiger partial charge in [0.1, 0.15) is 0 Å². The van der Waals surface area contributed by atoms with Gasteiger partial charge in [-0.1, -0.05) is 0 Å². The average Bonchev–Trinajstić information content (AvgIpc) is 1.50. The third-order valence-electron chi connectivity index (χ3n) is 0. The molecule has 0 aliphatic heterocycles. The van der Waals surface area contributed by atoms with Crippen molar-refractivity contribution in [2.45, 2.75) is 0 Å². The van der Waals surface area contributed by atoms with E-state index in [1.54, 1.807) is 0 Å². The van der Waals surface area contributed by atoms with Gasteiger partial charge >= 0.3 is 0 Å². The monoisotopic (exact) mass is 226 g/mol. The number of hydrogen-bond acceptors (Lipinski definition) is 2. The summed E-state index contributed by atoms with van der Waals surface area (Å²) in [5.41, 5.74) is 9.00. The lowest BCUT2D eigenvalue weighted by Gasteiger charge is -1.19. The Kier molecular flexibility index (Phi) is 775. The highest BCUT2D eigenvalue weighted by molar-refractivity contribution is 14.0. The quantitative estimate of drug-likeness (QED) is 0.580. The minimum absolute atomic E-state index is 0. The minimum Gasteiger partial charge on any atom is -0.333 e. The Morgan fingerprint density at radius 1 is 0.833 bits per heavy atom. The van der Waals surface area contributed by atoms with Crippen LogP contribution < -0.4 is 11.5 Å². The Labute approximate surface area is 62.1 Å². The summed E-state index contributed by atoms with van der Waals surface area (Å²) < 4.78 is 0. The maximum atomic E-state index is 4.50. The molecular weight excluding hydrogens is 214 g/mol. The highest BCUT2D eigenvalue weighted by atomic mass is 127. The second kappa shape index (κ2) is 164. The van der Waals surface area contributed by atoms with Gasteiger partial charge in [0.15, 0.2) is 0 Å². The minimum atomic E-state index is 0. The van der Waals surface area contributed by atoms with Crippen LogP contribution in [0.4, 0.5) is 0 Å². The van der Waals surface area contributed by atoms with Gasteiger partial charge in [-0.25, -0.2) is 0 Å². The summed E-state index contributed by atoms with van der Waals surface area (Å²) in [6.45, 7) is 0. The SMILES string of the molecule is CN.CN.Cl.I. The standard InChI is InChI=1S/2CH5N.ClH.HI/c2*1-2;;/h2*2H2,1H3;2*1H. The van der Waals surface area contributed by atoms with Crippen LogP contribution in [0.5, 0.6) is 0 Å². The van der Waals surface area contributed by atoms with Gasteiger partial charge in [-0.3, -0.25) is 0 Å². The highest BCUT2D eigenvalue weighted by Gasteiger charge is 0.838. The van der Waals surface area contributed by atoms with E-state index < -0.39 is 0 Å².